The number of rotatable bonds is 7. The van der Waals surface area contributed by atoms with Crippen molar-refractivity contribution >= 4 is 5.97 Å². The molecule has 0 spiro atoms. The molecule has 0 aromatic carbocycles. The van der Waals surface area contributed by atoms with Gasteiger partial charge in [0.15, 0.2) is 0 Å². The van der Waals surface area contributed by atoms with Crippen LogP contribution in [0.4, 0.5) is 0 Å². The van der Waals surface area contributed by atoms with Gasteiger partial charge in [-0.25, -0.2) is 4.79 Å². The van der Waals surface area contributed by atoms with Crippen molar-refractivity contribution in [3.05, 3.63) is 23.7 Å². The summed E-state index contributed by atoms with van der Waals surface area (Å²) in [6.07, 6.45) is 3.80. The van der Waals surface area contributed by atoms with Gasteiger partial charge in [0.2, 0.25) is 5.76 Å². The number of carboxylic acids is 1. The van der Waals surface area contributed by atoms with Gasteiger partial charge in [0.25, 0.3) is 0 Å². The zero-order valence-corrected chi connectivity index (χ0v) is 9.89. The van der Waals surface area contributed by atoms with Crippen LogP contribution in [0.25, 0.3) is 0 Å². The Labute approximate surface area is 100.0 Å². The quantitative estimate of drug-likeness (QED) is 0.782. The van der Waals surface area contributed by atoms with Gasteiger partial charge in [0.1, 0.15) is 0 Å². The van der Waals surface area contributed by atoms with Gasteiger partial charge < -0.3 is 14.3 Å². The molecule has 0 unspecified atom stereocenters. The molecule has 0 bridgehead atoms. The molecule has 1 aliphatic rings. The normalized spacial score (nSPS) is 15.4. The van der Waals surface area contributed by atoms with Crippen LogP contribution in [0.15, 0.2) is 16.7 Å². The van der Waals surface area contributed by atoms with Gasteiger partial charge in [-0.1, -0.05) is 0 Å². The summed E-state index contributed by atoms with van der Waals surface area (Å²) in [6, 6.07) is 2.30. The zero-order valence-electron chi connectivity index (χ0n) is 9.89. The van der Waals surface area contributed by atoms with Crippen LogP contribution < -0.4 is 0 Å². The van der Waals surface area contributed by atoms with Gasteiger partial charge in [-0.05, 0) is 18.9 Å². The van der Waals surface area contributed by atoms with Crippen LogP contribution in [0.3, 0.4) is 0 Å². The lowest BCUT2D eigenvalue weighted by molar-refractivity contribution is 0.0658. The third-order valence-corrected chi connectivity index (χ3v) is 2.96. The van der Waals surface area contributed by atoms with Crippen molar-refractivity contribution in [2.75, 3.05) is 20.3 Å². The number of aromatic carboxylic acids is 1. The van der Waals surface area contributed by atoms with Crippen LogP contribution in [0.1, 0.15) is 29.0 Å². The second-order valence-electron chi connectivity index (χ2n) is 4.27. The van der Waals surface area contributed by atoms with E-state index in [1.54, 1.807) is 13.2 Å². The molecule has 17 heavy (non-hydrogen) atoms. The lowest BCUT2D eigenvalue weighted by atomic mass is 10.2. The highest BCUT2D eigenvalue weighted by molar-refractivity contribution is 5.86. The predicted molar refractivity (Wildman–Crippen MR) is 61.0 cm³/mol. The number of hydrogen-bond donors (Lipinski definition) is 1. The van der Waals surface area contributed by atoms with E-state index in [1.165, 1.54) is 19.1 Å². The Hall–Kier alpha value is -1.33. The van der Waals surface area contributed by atoms with E-state index in [-0.39, 0.29) is 5.76 Å². The van der Waals surface area contributed by atoms with Crippen LogP contribution in [0, 0.1) is 0 Å². The van der Waals surface area contributed by atoms with Crippen molar-refractivity contribution in [1.82, 2.24) is 4.90 Å². The Balaban J connectivity index is 2.01. The third-order valence-electron chi connectivity index (χ3n) is 2.96. The minimum atomic E-state index is -1.01. The van der Waals surface area contributed by atoms with E-state index in [9.17, 15) is 4.79 Å². The second kappa shape index (κ2) is 5.33. The highest BCUT2D eigenvalue weighted by atomic mass is 16.5. The largest absolute Gasteiger partial charge is 0.475 e. The molecule has 0 amide bonds. The monoisotopic (exact) mass is 239 g/mol. The molecule has 1 N–H and O–H groups in total. The van der Waals surface area contributed by atoms with Crippen LogP contribution in [-0.2, 0) is 11.3 Å². The maximum Gasteiger partial charge on any atom is 0.372 e. The van der Waals surface area contributed by atoms with Crippen molar-refractivity contribution in [3.8, 4) is 0 Å². The molecule has 0 radical (unpaired) electrons. The standard InChI is InChI=1S/C12H17NO4/c1-16-7-5-13(10-2-3-10)8-9-4-6-17-11(9)12(14)15/h4,6,10H,2-3,5,7-8H2,1H3,(H,14,15). The van der Waals surface area contributed by atoms with Gasteiger partial charge in [-0.2, -0.15) is 0 Å². The summed E-state index contributed by atoms with van der Waals surface area (Å²) >= 11 is 0. The summed E-state index contributed by atoms with van der Waals surface area (Å²) in [5.74, 6) is -0.958. The first kappa shape index (κ1) is 12.1. The smallest absolute Gasteiger partial charge is 0.372 e. The summed E-state index contributed by atoms with van der Waals surface area (Å²) in [5, 5.41) is 8.96. The molecule has 1 saturated carbocycles. The lowest BCUT2D eigenvalue weighted by Crippen LogP contribution is -2.29. The van der Waals surface area contributed by atoms with Crippen molar-refractivity contribution in [2.24, 2.45) is 0 Å². The second-order valence-corrected chi connectivity index (χ2v) is 4.27. The number of nitrogens with zero attached hydrogens (tertiary/aromatic N) is 1. The number of furan rings is 1. The molecule has 1 aromatic rings. The SMILES string of the molecule is COCCN(Cc1ccoc1C(=O)O)C1CC1. The molecular weight excluding hydrogens is 222 g/mol. The molecule has 0 aliphatic heterocycles. The molecule has 94 valence electrons. The lowest BCUT2D eigenvalue weighted by Gasteiger charge is -2.20. The molecule has 1 heterocycles. The Morgan fingerprint density at radius 2 is 2.41 bits per heavy atom. The number of hydrogen-bond acceptors (Lipinski definition) is 4. The Morgan fingerprint density at radius 1 is 1.65 bits per heavy atom. The first-order valence-electron chi connectivity index (χ1n) is 5.75. The fourth-order valence-electron chi connectivity index (χ4n) is 1.91. The minimum Gasteiger partial charge on any atom is -0.475 e. The zero-order chi connectivity index (χ0) is 12.3. The summed E-state index contributed by atoms with van der Waals surface area (Å²) in [4.78, 5) is 13.2. The van der Waals surface area contributed by atoms with Gasteiger partial charge in [-0.3, -0.25) is 4.90 Å². The van der Waals surface area contributed by atoms with E-state index in [0.29, 0.717) is 19.2 Å². The first-order chi connectivity index (χ1) is 8.22. The Morgan fingerprint density at radius 3 is 3.00 bits per heavy atom. The van der Waals surface area contributed by atoms with Gasteiger partial charge in [-0.15, -0.1) is 0 Å². The Kier molecular flexibility index (Phi) is 3.81. The maximum atomic E-state index is 10.9. The van der Waals surface area contributed by atoms with Gasteiger partial charge in [0, 0.05) is 31.8 Å². The number of ether oxygens (including phenoxy) is 1. The fourth-order valence-corrected chi connectivity index (χ4v) is 1.91. The molecule has 5 nitrogen and oxygen atoms in total. The van der Waals surface area contributed by atoms with E-state index in [1.807, 2.05) is 0 Å². The molecule has 5 heteroatoms. The Bertz CT molecular complexity index is 384. The van der Waals surface area contributed by atoms with Crippen molar-refractivity contribution in [1.29, 1.82) is 0 Å². The van der Waals surface area contributed by atoms with Crippen molar-refractivity contribution in [2.45, 2.75) is 25.4 Å². The van der Waals surface area contributed by atoms with Crippen LogP contribution in [-0.4, -0.2) is 42.3 Å². The molecule has 0 saturated heterocycles. The first-order valence-corrected chi connectivity index (χ1v) is 5.75. The fraction of sp³-hybridized carbons (Fsp3) is 0.583. The van der Waals surface area contributed by atoms with E-state index in [4.69, 9.17) is 14.3 Å². The van der Waals surface area contributed by atoms with E-state index >= 15 is 0 Å². The van der Waals surface area contributed by atoms with E-state index in [2.05, 4.69) is 4.90 Å². The van der Waals surface area contributed by atoms with Crippen LogP contribution in [0.2, 0.25) is 0 Å². The minimum absolute atomic E-state index is 0.0491. The number of carbonyl (C=O) groups is 1. The summed E-state index contributed by atoms with van der Waals surface area (Å²) < 4.78 is 10.0. The molecule has 0 atom stereocenters. The topological polar surface area (TPSA) is 62.9 Å². The molecule has 1 aliphatic carbocycles. The highest BCUT2D eigenvalue weighted by Crippen LogP contribution is 2.28. The van der Waals surface area contributed by atoms with Crippen molar-refractivity contribution < 1.29 is 19.1 Å². The predicted octanol–water partition coefficient (Wildman–Crippen LogP) is 1.59. The van der Waals surface area contributed by atoms with Crippen LogP contribution in [0.5, 0.6) is 0 Å². The average molecular weight is 239 g/mol. The molecule has 1 fully saturated rings. The summed E-state index contributed by atoms with van der Waals surface area (Å²) in [6.45, 7) is 2.11. The number of methoxy groups -OCH3 is 1. The molecule has 1 aromatic heterocycles. The van der Waals surface area contributed by atoms with Gasteiger partial charge in [0.05, 0.1) is 12.9 Å². The maximum absolute atomic E-state index is 10.9. The summed E-state index contributed by atoms with van der Waals surface area (Å²) in [5.41, 5.74) is 0.737. The van der Waals surface area contributed by atoms with Gasteiger partial charge >= 0.3 is 5.97 Å². The van der Waals surface area contributed by atoms with Crippen LogP contribution >= 0.6 is 0 Å². The van der Waals surface area contributed by atoms with E-state index in [0.717, 1.165) is 12.1 Å². The summed E-state index contributed by atoms with van der Waals surface area (Å²) in [7, 11) is 1.67. The molecular formula is C12H17NO4. The molecule has 2 rings (SSSR count). The van der Waals surface area contributed by atoms with E-state index < -0.39 is 5.97 Å². The highest BCUT2D eigenvalue weighted by Gasteiger charge is 2.30. The van der Waals surface area contributed by atoms with Crippen molar-refractivity contribution in [3.63, 3.8) is 0 Å². The third kappa shape index (κ3) is 3.08. The number of carboxylic acid groups (broad SMARTS) is 1. The average Bonchev–Trinajstić information content (AvgIpc) is 3.03.